The van der Waals surface area contributed by atoms with E-state index in [0.29, 0.717) is 18.2 Å². The molecule has 1 saturated heterocycles. The highest BCUT2D eigenvalue weighted by atomic mass is 35.5. The van der Waals surface area contributed by atoms with Crippen LogP contribution < -0.4 is 4.90 Å². The molecule has 9 heteroatoms. The van der Waals surface area contributed by atoms with E-state index in [4.69, 9.17) is 21.3 Å². The average Bonchev–Trinajstić information content (AvgIpc) is 3.40. The topological polar surface area (TPSA) is 75.9 Å². The molecule has 1 amide bonds. The summed E-state index contributed by atoms with van der Waals surface area (Å²) in [6.45, 7) is 12.5. The predicted octanol–water partition coefficient (Wildman–Crippen LogP) is 7.35. The smallest absolute Gasteiger partial charge is 0.410 e. The molecule has 1 fully saturated rings. The van der Waals surface area contributed by atoms with E-state index < -0.39 is 5.60 Å². The number of carbonyl (C=O) groups is 1. The van der Waals surface area contributed by atoms with E-state index in [2.05, 4.69) is 39.2 Å². The van der Waals surface area contributed by atoms with Gasteiger partial charge >= 0.3 is 6.09 Å². The third-order valence-electron chi connectivity index (χ3n) is 6.83. The number of ether oxygens (including phenoxy) is 1. The maximum Gasteiger partial charge on any atom is 0.410 e. The molecule has 4 heterocycles. The number of fused-ring (bicyclic) bond motifs is 2. The lowest BCUT2D eigenvalue weighted by Crippen LogP contribution is -2.50. The molecule has 0 N–H and O–H groups in total. The minimum absolute atomic E-state index is 0.248. The Balaban J connectivity index is 0.00000165. The van der Waals surface area contributed by atoms with Gasteiger partial charge < -0.3 is 14.5 Å². The van der Waals surface area contributed by atoms with Crippen molar-refractivity contribution in [3.05, 3.63) is 78.3 Å². The van der Waals surface area contributed by atoms with Crippen molar-refractivity contribution in [2.45, 2.75) is 40.2 Å². The molecule has 0 aliphatic carbocycles. The summed E-state index contributed by atoms with van der Waals surface area (Å²) >= 11 is 6.32. The molecule has 0 saturated carbocycles. The monoisotopic (exact) mass is 570 g/mol. The number of halogens is 1. The SMILES string of the molecule is CC.CC(C)(C)OC(=O)N1CCN(c2ccc(-c3cnc4c(-c5cc(Cl)nc6ccccc56)cnn4c3)cc2)CC1. The van der Waals surface area contributed by atoms with Gasteiger partial charge in [0.2, 0.25) is 0 Å². The first kappa shape index (κ1) is 28.4. The molecule has 1 aliphatic heterocycles. The molecular weight excluding hydrogens is 536 g/mol. The first-order valence-electron chi connectivity index (χ1n) is 14.0. The number of hydrogen-bond acceptors (Lipinski definition) is 6. The highest BCUT2D eigenvalue weighted by molar-refractivity contribution is 6.30. The molecule has 0 radical (unpaired) electrons. The Morgan fingerprint density at radius 2 is 1.61 bits per heavy atom. The van der Waals surface area contributed by atoms with E-state index in [1.54, 1.807) is 9.42 Å². The molecule has 0 atom stereocenters. The summed E-state index contributed by atoms with van der Waals surface area (Å²) in [5.41, 5.74) is 6.11. The number of hydrogen-bond donors (Lipinski definition) is 0. The zero-order chi connectivity index (χ0) is 29.1. The highest BCUT2D eigenvalue weighted by Crippen LogP contribution is 2.33. The fourth-order valence-corrected chi connectivity index (χ4v) is 5.12. The van der Waals surface area contributed by atoms with Crippen LogP contribution in [-0.4, -0.2) is 62.4 Å². The fraction of sp³-hybridized carbons (Fsp3) is 0.312. The van der Waals surface area contributed by atoms with Gasteiger partial charge in [-0.25, -0.2) is 19.3 Å². The van der Waals surface area contributed by atoms with Crippen molar-refractivity contribution in [1.29, 1.82) is 0 Å². The summed E-state index contributed by atoms with van der Waals surface area (Å²) < 4.78 is 7.31. The van der Waals surface area contributed by atoms with Gasteiger partial charge in [-0.1, -0.05) is 55.8 Å². The molecule has 5 aromatic rings. The summed E-state index contributed by atoms with van der Waals surface area (Å²) in [6, 6.07) is 18.2. The maximum atomic E-state index is 12.4. The van der Waals surface area contributed by atoms with E-state index in [0.717, 1.165) is 57.6 Å². The first-order chi connectivity index (χ1) is 19.7. The van der Waals surface area contributed by atoms with Crippen LogP contribution in [0.3, 0.4) is 0 Å². The average molecular weight is 571 g/mol. The maximum absolute atomic E-state index is 12.4. The summed E-state index contributed by atoms with van der Waals surface area (Å²) in [6.07, 6.45) is 5.44. The first-order valence-corrected chi connectivity index (χ1v) is 14.4. The van der Waals surface area contributed by atoms with E-state index in [1.807, 2.05) is 83.5 Å². The van der Waals surface area contributed by atoms with Gasteiger partial charge in [-0.2, -0.15) is 5.10 Å². The summed E-state index contributed by atoms with van der Waals surface area (Å²) in [5, 5.41) is 6.03. The van der Waals surface area contributed by atoms with Gasteiger partial charge in [0.05, 0.1) is 11.7 Å². The lowest BCUT2D eigenvalue weighted by molar-refractivity contribution is 0.0240. The summed E-state index contributed by atoms with van der Waals surface area (Å²) in [5.74, 6) is 0. The van der Waals surface area contributed by atoms with Gasteiger partial charge in [0.25, 0.3) is 0 Å². The normalized spacial score (nSPS) is 13.7. The van der Waals surface area contributed by atoms with Gasteiger partial charge in [-0.3, -0.25) is 0 Å². The van der Waals surface area contributed by atoms with Crippen LogP contribution >= 0.6 is 11.6 Å². The van der Waals surface area contributed by atoms with Crippen LogP contribution in [0.1, 0.15) is 34.6 Å². The molecule has 6 rings (SSSR count). The van der Waals surface area contributed by atoms with Crippen molar-refractivity contribution in [2.24, 2.45) is 0 Å². The quantitative estimate of drug-likeness (QED) is 0.211. The van der Waals surface area contributed by atoms with Crippen molar-refractivity contribution in [3.8, 4) is 22.3 Å². The lowest BCUT2D eigenvalue weighted by Gasteiger charge is -2.36. The number of nitrogens with zero attached hydrogens (tertiary/aromatic N) is 6. The number of piperazine rings is 1. The van der Waals surface area contributed by atoms with Gasteiger partial charge in [-0.15, -0.1) is 0 Å². The molecule has 2 aromatic carbocycles. The van der Waals surface area contributed by atoms with Crippen molar-refractivity contribution in [2.75, 3.05) is 31.1 Å². The fourth-order valence-electron chi connectivity index (χ4n) is 4.92. The van der Waals surface area contributed by atoms with Crippen LogP contribution in [0.15, 0.2) is 73.2 Å². The van der Waals surface area contributed by atoms with Crippen molar-refractivity contribution >= 4 is 39.9 Å². The van der Waals surface area contributed by atoms with Gasteiger partial charge in [-0.05, 0) is 56.2 Å². The van der Waals surface area contributed by atoms with Gasteiger partial charge in [0.15, 0.2) is 5.65 Å². The van der Waals surface area contributed by atoms with Crippen molar-refractivity contribution < 1.29 is 9.53 Å². The van der Waals surface area contributed by atoms with Crippen LogP contribution in [-0.2, 0) is 4.74 Å². The van der Waals surface area contributed by atoms with Crippen LogP contribution in [0, 0.1) is 0 Å². The zero-order valence-corrected chi connectivity index (χ0v) is 24.9. The molecule has 3 aromatic heterocycles. The lowest BCUT2D eigenvalue weighted by atomic mass is 10.0. The minimum Gasteiger partial charge on any atom is -0.444 e. The second-order valence-corrected chi connectivity index (χ2v) is 11.1. The number of rotatable bonds is 3. The van der Waals surface area contributed by atoms with Crippen molar-refractivity contribution in [3.63, 3.8) is 0 Å². The molecule has 8 nitrogen and oxygen atoms in total. The molecule has 0 unspecified atom stereocenters. The Hall–Kier alpha value is -4.17. The van der Waals surface area contributed by atoms with Crippen molar-refractivity contribution in [1.82, 2.24) is 24.5 Å². The summed E-state index contributed by atoms with van der Waals surface area (Å²) in [7, 11) is 0. The molecule has 0 spiro atoms. The Bertz CT molecular complexity index is 1670. The number of amides is 1. The van der Waals surface area contributed by atoms with Gasteiger partial charge in [0, 0.05) is 60.8 Å². The Kier molecular flexibility index (Phi) is 8.13. The second-order valence-electron chi connectivity index (χ2n) is 10.7. The standard InChI is InChI=1S/C30H29ClN6O2.C2H6/c1-30(2,3)39-29(38)36-14-12-35(13-15-36)22-10-8-20(9-11-22)21-17-32-28-25(18-33-37(28)19-21)24-16-27(31)34-26-7-5-4-6-23(24)26;1-2/h4-11,16-19H,12-15H2,1-3H3;1-2H3. The van der Waals surface area contributed by atoms with Crippen LogP contribution in [0.5, 0.6) is 0 Å². The summed E-state index contributed by atoms with van der Waals surface area (Å²) in [4.78, 5) is 25.6. The van der Waals surface area contributed by atoms with E-state index in [1.165, 1.54) is 0 Å². The molecule has 41 heavy (non-hydrogen) atoms. The van der Waals surface area contributed by atoms with Gasteiger partial charge in [0.1, 0.15) is 10.8 Å². The second kappa shape index (κ2) is 11.7. The van der Waals surface area contributed by atoms with Crippen LogP contribution in [0.4, 0.5) is 10.5 Å². The van der Waals surface area contributed by atoms with Crippen LogP contribution in [0.25, 0.3) is 38.8 Å². The minimum atomic E-state index is -0.485. The number of benzene rings is 2. The number of pyridine rings is 1. The third-order valence-corrected chi connectivity index (χ3v) is 7.02. The Morgan fingerprint density at radius 3 is 2.32 bits per heavy atom. The van der Waals surface area contributed by atoms with E-state index in [9.17, 15) is 4.79 Å². The largest absolute Gasteiger partial charge is 0.444 e. The highest BCUT2D eigenvalue weighted by Gasteiger charge is 2.26. The molecular formula is C32H35ClN6O2. The number of anilines is 1. The Labute approximate surface area is 245 Å². The number of para-hydroxylation sites is 1. The Morgan fingerprint density at radius 1 is 0.902 bits per heavy atom. The number of aromatic nitrogens is 4. The van der Waals surface area contributed by atoms with E-state index in [-0.39, 0.29) is 6.09 Å². The third kappa shape index (κ3) is 6.12. The molecule has 0 bridgehead atoms. The molecule has 212 valence electrons. The number of carbonyl (C=O) groups excluding carboxylic acids is 1. The van der Waals surface area contributed by atoms with E-state index >= 15 is 0 Å². The van der Waals surface area contributed by atoms with Crippen LogP contribution in [0.2, 0.25) is 5.15 Å². The predicted molar refractivity (Wildman–Crippen MR) is 166 cm³/mol. The zero-order valence-electron chi connectivity index (χ0n) is 24.1. The molecule has 1 aliphatic rings.